The molecular weight excluding hydrogens is 472 g/mol. The number of rotatable bonds is 11. The predicted octanol–water partition coefficient (Wildman–Crippen LogP) is 2.74. The molecule has 9 heteroatoms. The maximum atomic E-state index is 14.2. The van der Waals surface area contributed by atoms with Gasteiger partial charge in [0.15, 0.2) is 0 Å². The molecule has 0 aromatic heterocycles. The molecule has 5 atom stereocenters. The van der Waals surface area contributed by atoms with Gasteiger partial charge in [0.25, 0.3) is 5.91 Å². The number of carbonyl (C=O) groups excluding carboxylic acids is 3. The molecule has 0 saturated carbocycles. The molecule has 2 bridgehead atoms. The molecule has 8 nitrogen and oxygen atoms in total. The van der Waals surface area contributed by atoms with Gasteiger partial charge in [-0.05, 0) is 49.9 Å². The zero-order valence-corrected chi connectivity index (χ0v) is 20.4. The molecule has 0 radical (unpaired) electrons. The normalized spacial score (nSPS) is 28.6. The molecule has 1 N–H and O–H groups in total. The summed E-state index contributed by atoms with van der Waals surface area (Å²) in [7, 11) is 0. The van der Waals surface area contributed by atoms with E-state index in [-0.39, 0.29) is 38.1 Å². The summed E-state index contributed by atoms with van der Waals surface area (Å²) in [5.41, 5.74) is -0.488. The number of esters is 1. The van der Waals surface area contributed by atoms with E-state index in [1.54, 1.807) is 40.1 Å². The summed E-state index contributed by atoms with van der Waals surface area (Å²) in [6.07, 6.45) is 4.70. The topological polar surface area (TPSA) is 96.4 Å². The van der Waals surface area contributed by atoms with Crippen molar-refractivity contribution in [3.05, 3.63) is 54.6 Å². The Hall–Kier alpha value is -2.68. The molecule has 3 heterocycles. The molecule has 35 heavy (non-hydrogen) atoms. The number of fused-ring (bicyclic) bond motifs is 1. The van der Waals surface area contributed by atoms with Crippen molar-refractivity contribution >= 4 is 35.1 Å². The molecule has 1 aromatic rings. The van der Waals surface area contributed by atoms with Crippen LogP contribution in [0.3, 0.4) is 0 Å². The summed E-state index contributed by atoms with van der Waals surface area (Å²) >= 11 is 6.05. The van der Waals surface area contributed by atoms with Crippen molar-refractivity contribution < 1.29 is 29.0 Å². The van der Waals surface area contributed by atoms with Crippen molar-refractivity contribution in [2.45, 2.75) is 43.4 Å². The monoisotopic (exact) mass is 502 g/mol. The van der Waals surface area contributed by atoms with Crippen LogP contribution in [0.2, 0.25) is 5.02 Å². The number of hydrogen-bond donors (Lipinski definition) is 1. The fraction of sp³-hybridized carbons (Fsp3) is 0.500. The standard InChI is InChI=1S/C26H31ClN2O6/c1-3-13-28(18-9-7-17(27)8-10-18)24(32)22-26-12-11-19(35-26)20(25(33)34-16-4-2)21(26)23(31)29(22)14-5-6-15-30/h3-4,7-10,19-22,30H,1-2,5-6,11-16H2/t19-,20+,21-,22?,26?/m0/s1. The van der Waals surface area contributed by atoms with E-state index in [2.05, 4.69) is 13.2 Å². The first-order valence-electron chi connectivity index (χ1n) is 11.9. The van der Waals surface area contributed by atoms with E-state index >= 15 is 0 Å². The van der Waals surface area contributed by atoms with E-state index in [4.69, 9.17) is 21.1 Å². The molecule has 1 spiro atoms. The minimum absolute atomic E-state index is 0.0162. The van der Waals surface area contributed by atoms with Crippen molar-refractivity contribution in [3.8, 4) is 0 Å². The number of aliphatic hydroxyl groups is 1. The van der Waals surface area contributed by atoms with E-state index in [0.29, 0.717) is 36.4 Å². The molecule has 4 rings (SSSR count). The third kappa shape index (κ3) is 4.39. The summed E-state index contributed by atoms with van der Waals surface area (Å²) < 4.78 is 11.7. The van der Waals surface area contributed by atoms with Gasteiger partial charge >= 0.3 is 5.97 Å². The Morgan fingerprint density at radius 3 is 2.66 bits per heavy atom. The van der Waals surface area contributed by atoms with Crippen LogP contribution in [0.25, 0.3) is 0 Å². The summed E-state index contributed by atoms with van der Waals surface area (Å²) in [5.74, 6) is -2.64. The third-order valence-electron chi connectivity index (χ3n) is 7.17. The molecule has 0 aliphatic carbocycles. The molecule has 2 amide bonds. The smallest absolute Gasteiger partial charge is 0.312 e. The minimum atomic E-state index is -1.11. The highest BCUT2D eigenvalue weighted by Crippen LogP contribution is 2.59. The molecule has 3 saturated heterocycles. The lowest BCUT2D eigenvalue weighted by Crippen LogP contribution is -2.56. The number of hydrogen-bond acceptors (Lipinski definition) is 6. The lowest BCUT2D eigenvalue weighted by atomic mass is 9.70. The second-order valence-corrected chi connectivity index (χ2v) is 9.59. The first-order chi connectivity index (χ1) is 16.9. The number of aliphatic hydroxyl groups excluding tert-OH is 1. The average molecular weight is 503 g/mol. The number of benzene rings is 1. The van der Waals surface area contributed by atoms with Gasteiger partial charge in [-0.2, -0.15) is 0 Å². The number of halogens is 1. The van der Waals surface area contributed by atoms with Gasteiger partial charge in [-0.15, -0.1) is 6.58 Å². The van der Waals surface area contributed by atoms with Crippen LogP contribution in [-0.2, 0) is 23.9 Å². The molecule has 1 aromatic carbocycles. The maximum absolute atomic E-state index is 14.2. The molecule has 3 fully saturated rings. The number of anilines is 1. The van der Waals surface area contributed by atoms with Crippen LogP contribution in [-0.4, -0.2) is 71.8 Å². The van der Waals surface area contributed by atoms with E-state index in [1.165, 1.54) is 6.08 Å². The van der Waals surface area contributed by atoms with Crippen molar-refractivity contribution in [2.24, 2.45) is 11.8 Å². The van der Waals surface area contributed by atoms with Crippen LogP contribution < -0.4 is 4.90 Å². The van der Waals surface area contributed by atoms with Crippen LogP contribution in [0.5, 0.6) is 0 Å². The molecule has 188 valence electrons. The summed E-state index contributed by atoms with van der Waals surface area (Å²) in [6.45, 7) is 7.90. The number of likely N-dealkylation sites (tertiary alicyclic amines) is 1. The van der Waals surface area contributed by atoms with E-state index in [9.17, 15) is 19.5 Å². The molecular formula is C26H31ClN2O6. The second-order valence-electron chi connectivity index (χ2n) is 9.15. The highest BCUT2D eigenvalue weighted by molar-refractivity contribution is 6.30. The van der Waals surface area contributed by atoms with Crippen LogP contribution >= 0.6 is 11.6 Å². The van der Waals surface area contributed by atoms with Crippen molar-refractivity contribution in [3.63, 3.8) is 0 Å². The first-order valence-corrected chi connectivity index (χ1v) is 12.3. The molecule has 3 aliphatic heterocycles. The van der Waals surface area contributed by atoms with Crippen LogP contribution in [0, 0.1) is 11.8 Å². The van der Waals surface area contributed by atoms with E-state index in [1.807, 2.05) is 0 Å². The van der Waals surface area contributed by atoms with Gasteiger partial charge in [0, 0.05) is 30.4 Å². The number of ether oxygens (including phenoxy) is 2. The number of carbonyl (C=O) groups is 3. The fourth-order valence-corrected chi connectivity index (χ4v) is 5.92. The Morgan fingerprint density at radius 1 is 1.26 bits per heavy atom. The maximum Gasteiger partial charge on any atom is 0.312 e. The van der Waals surface area contributed by atoms with Gasteiger partial charge in [-0.25, -0.2) is 0 Å². The Labute approximate surface area is 210 Å². The Balaban J connectivity index is 1.72. The van der Waals surface area contributed by atoms with Gasteiger partial charge in [0.05, 0.1) is 17.9 Å². The largest absolute Gasteiger partial charge is 0.461 e. The van der Waals surface area contributed by atoms with Crippen molar-refractivity contribution in [1.29, 1.82) is 0 Å². The van der Waals surface area contributed by atoms with E-state index in [0.717, 1.165) is 0 Å². The van der Waals surface area contributed by atoms with Gasteiger partial charge in [0.2, 0.25) is 5.91 Å². The summed E-state index contributed by atoms with van der Waals surface area (Å²) in [4.78, 5) is 44.0. The summed E-state index contributed by atoms with van der Waals surface area (Å²) in [6, 6.07) is 5.98. The van der Waals surface area contributed by atoms with Gasteiger partial charge in [0.1, 0.15) is 18.2 Å². The predicted molar refractivity (Wildman–Crippen MR) is 131 cm³/mol. The lowest BCUT2D eigenvalue weighted by molar-refractivity contribution is -0.154. The van der Waals surface area contributed by atoms with Crippen molar-refractivity contribution in [1.82, 2.24) is 4.90 Å². The minimum Gasteiger partial charge on any atom is -0.461 e. The number of unbranched alkanes of at least 4 members (excludes halogenated alkanes) is 1. The Morgan fingerprint density at radius 2 is 2.00 bits per heavy atom. The Bertz CT molecular complexity index is 998. The third-order valence-corrected chi connectivity index (χ3v) is 7.42. The fourth-order valence-electron chi connectivity index (χ4n) is 5.79. The average Bonchev–Trinajstić information content (AvgIpc) is 3.49. The van der Waals surface area contributed by atoms with Crippen LogP contribution in [0.4, 0.5) is 5.69 Å². The zero-order chi connectivity index (χ0) is 25.2. The van der Waals surface area contributed by atoms with Crippen LogP contribution in [0.1, 0.15) is 25.7 Å². The first kappa shape index (κ1) is 25.4. The van der Waals surface area contributed by atoms with Gasteiger partial charge in [-0.1, -0.05) is 30.3 Å². The van der Waals surface area contributed by atoms with Crippen molar-refractivity contribution in [2.75, 3.05) is 31.2 Å². The zero-order valence-electron chi connectivity index (χ0n) is 19.6. The highest BCUT2D eigenvalue weighted by atomic mass is 35.5. The SMILES string of the molecule is C=CCOC(=O)[C@@H]1[C@@H]2CCC3(O2)C(C(=O)N(CC=C)c2ccc(Cl)cc2)N(CCCCO)C(=O)[C@H]13. The van der Waals surface area contributed by atoms with Gasteiger partial charge in [-0.3, -0.25) is 14.4 Å². The molecule has 2 unspecified atom stereocenters. The second kappa shape index (κ2) is 10.5. The quantitative estimate of drug-likeness (QED) is 0.284. The number of amides is 2. The highest BCUT2D eigenvalue weighted by Gasteiger charge is 2.75. The number of nitrogens with zero attached hydrogens (tertiary/aromatic N) is 2. The summed E-state index contributed by atoms with van der Waals surface area (Å²) in [5, 5.41) is 9.82. The van der Waals surface area contributed by atoms with Crippen LogP contribution in [0.15, 0.2) is 49.6 Å². The lowest BCUT2D eigenvalue weighted by Gasteiger charge is -2.36. The van der Waals surface area contributed by atoms with E-state index < -0.39 is 35.6 Å². The van der Waals surface area contributed by atoms with Gasteiger partial charge < -0.3 is 24.4 Å². The Kier molecular flexibility index (Phi) is 7.64. The molecule has 3 aliphatic rings.